The van der Waals surface area contributed by atoms with E-state index in [4.69, 9.17) is 13.7 Å². The summed E-state index contributed by atoms with van der Waals surface area (Å²) in [5.74, 6) is 0.220. The minimum absolute atomic E-state index is 0.0782. The molecule has 114 valence electrons. The SMILES string of the molecule is Cc1ccc(S(=O)(=O)OCOCCCS(C)(=N)=O)cc1. The minimum atomic E-state index is -3.81. The van der Waals surface area contributed by atoms with Crippen LogP contribution in [0.25, 0.3) is 0 Å². The molecule has 1 unspecified atom stereocenters. The van der Waals surface area contributed by atoms with Crippen LogP contribution in [0.2, 0.25) is 0 Å². The smallest absolute Gasteiger partial charge is 0.299 e. The van der Waals surface area contributed by atoms with Crippen LogP contribution < -0.4 is 0 Å². The predicted molar refractivity (Wildman–Crippen MR) is 76.5 cm³/mol. The lowest BCUT2D eigenvalue weighted by molar-refractivity contribution is 0.0201. The molecule has 0 aliphatic carbocycles. The zero-order valence-electron chi connectivity index (χ0n) is 11.5. The topological polar surface area (TPSA) is 93.5 Å². The molecular formula is C12H19NO5S2. The summed E-state index contributed by atoms with van der Waals surface area (Å²) in [7, 11) is -6.34. The number of rotatable bonds is 8. The molecule has 0 radical (unpaired) electrons. The molecule has 1 aromatic carbocycles. The molecule has 0 spiro atoms. The van der Waals surface area contributed by atoms with Gasteiger partial charge in [0.05, 0.1) is 11.5 Å². The minimum Gasteiger partial charge on any atom is -0.354 e. The summed E-state index contributed by atoms with van der Waals surface area (Å²) >= 11 is 0. The lowest BCUT2D eigenvalue weighted by atomic mass is 10.2. The van der Waals surface area contributed by atoms with Crippen LogP contribution in [0.4, 0.5) is 0 Å². The van der Waals surface area contributed by atoms with Crippen molar-refractivity contribution in [1.82, 2.24) is 0 Å². The highest BCUT2D eigenvalue weighted by atomic mass is 32.2. The van der Waals surface area contributed by atoms with Crippen molar-refractivity contribution >= 4 is 19.8 Å². The fraction of sp³-hybridized carbons (Fsp3) is 0.500. The van der Waals surface area contributed by atoms with E-state index in [1.54, 1.807) is 12.1 Å². The quantitative estimate of drug-likeness (QED) is 0.447. The van der Waals surface area contributed by atoms with Crippen LogP contribution in [-0.2, 0) is 28.8 Å². The second-order valence-electron chi connectivity index (χ2n) is 4.47. The third-order valence-corrected chi connectivity index (χ3v) is 4.74. The average Bonchev–Trinajstić information content (AvgIpc) is 2.33. The lowest BCUT2D eigenvalue weighted by Crippen LogP contribution is -2.11. The molecule has 20 heavy (non-hydrogen) atoms. The van der Waals surface area contributed by atoms with Gasteiger partial charge in [0.2, 0.25) is 0 Å². The molecule has 0 aliphatic heterocycles. The highest BCUT2D eigenvalue weighted by molar-refractivity contribution is 7.91. The van der Waals surface area contributed by atoms with Crippen molar-refractivity contribution < 1.29 is 21.5 Å². The summed E-state index contributed by atoms with van der Waals surface area (Å²) in [6, 6.07) is 6.31. The van der Waals surface area contributed by atoms with Gasteiger partial charge < -0.3 is 4.74 Å². The van der Waals surface area contributed by atoms with Gasteiger partial charge in [0, 0.05) is 21.7 Å². The summed E-state index contributed by atoms with van der Waals surface area (Å²) in [5, 5.41) is 0. The molecule has 0 amide bonds. The van der Waals surface area contributed by atoms with Crippen LogP contribution >= 0.6 is 0 Å². The zero-order chi connectivity index (χ0) is 15.2. The van der Waals surface area contributed by atoms with Gasteiger partial charge >= 0.3 is 0 Å². The van der Waals surface area contributed by atoms with Gasteiger partial charge in [-0.15, -0.1) is 0 Å². The van der Waals surface area contributed by atoms with Gasteiger partial charge in [0.1, 0.15) is 0 Å². The first-order chi connectivity index (χ1) is 9.21. The molecule has 8 heteroatoms. The molecule has 0 heterocycles. The molecule has 1 atom stereocenters. The van der Waals surface area contributed by atoms with Crippen molar-refractivity contribution in [3.63, 3.8) is 0 Å². The number of hydrogen-bond donors (Lipinski definition) is 1. The Morgan fingerprint density at radius 2 is 1.75 bits per heavy atom. The van der Waals surface area contributed by atoms with E-state index in [2.05, 4.69) is 0 Å². The molecule has 0 fully saturated rings. The predicted octanol–water partition coefficient (Wildman–Crippen LogP) is 1.74. The van der Waals surface area contributed by atoms with Crippen LogP contribution in [-0.4, -0.2) is 38.0 Å². The standard InChI is InChI=1S/C12H19NO5S2/c1-11-4-6-12(7-5-11)20(15,16)18-10-17-8-3-9-19(2,13)14/h4-7,13H,3,8-10H2,1-2H3. The van der Waals surface area contributed by atoms with E-state index >= 15 is 0 Å². The van der Waals surface area contributed by atoms with Crippen molar-refractivity contribution in [3.8, 4) is 0 Å². The van der Waals surface area contributed by atoms with Gasteiger partial charge in [0.15, 0.2) is 6.79 Å². The Balaban J connectivity index is 2.36. The number of nitrogens with one attached hydrogen (secondary N) is 1. The molecule has 0 saturated heterocycles. The van der Waals surface area contributed by atoms with E-state index in [1.807, 2.05) is 6.92 Å². The van der Waals surface area contributed by atoms with E-state index in [9.17, 15) is 12.6 Å². The maximum absolute atomic E-state index is 11.8. The molecule has 1 N–H and O–H groups in total. The molecule has 1 rings (SSSR count). The van der Waals surface area contributed by atoms with Crippen LogP contribution in [0.1, 0.15) is 12.0 Å². The summed E-state index contributed by atoms with van der Waals surface area (Å²) < 4.78 is 51.5. The second kappa shape index (κ2) is 7.16. The molecule has 6 nitrogen and oxygen atoms in total. The summed E-state index contributed by atoms with van der Waals surface area (Å²) in [5.41, 5.74) is 0.957. The normalized spacial score (nSPS) is 14.9. The monoisotopic (exact) mass is 321 g/mol. The summed E-state index contributed by atoms with van der Waals surface area (Å²) in [6.07, 6.45) is 1.78. The molecular weight excluding hydrogens is 302 g/mol. The largest absolute Gasteiger partial charge is 0.354 e. The Bertz CT molecular complexity index is 620. The molecule has 1 aromatic rings. The van der Waals surface area contributed by atoms with Gasteiger partial charge in [0.25, 0.3) is 10.1 Å². The third kappa shape index (κ3) is 6.47. The van der Waals surface area contributed by atoms with Crippen LogP contribution in [0.5, 0.6) is 0 Å². The van der Waals surface area contributed by atoms with E-state index in [-0.39, 0.29) is 24.0 Å². The number of benzene rings is 1. The fourth-order valence-corrected chi connectivity index (χ4v) is 2.83. The summed E-state index contributed by atoms with van der Waals surface area (Å²) in [4.78, 5) is 0.0782. The van der Waals surface area contributed by atoms with Gasteiger partial charge in [-0.2, -0.15) is 8.42 Å². The van der Waals surface area contributed by atoms with Crippen LogP contribution in [0.15, 0.2) is 29.2 Å². The second-order valence-corrected chi connectivity index (χ2v) is 8.51. The van der Waals surface area contributed by atoms with Gasteiger partial charge in [-0.05, 0) is 25.5 Å². The lowest BCUT2D eigenvalue weighted by Gasteiger charge is -2.07. The van der Waals surface area contributed by atoms with E-state index in [0.29, 0.717) is 6.42 Å². The first-order valence-electron chi connectivity index (χ1n) is 5.96. The van der Waals surface area contributed by atoms with E-state index < -0.39 is 19.8 Å². The number of aryl methyl sites for hydroxylation is 1. The maximum atomic E-state index is 11.8. The Labute approximate surface area is 120 Å². The van der Waals surface area contributed by atoms with Crippen molar-refractivity contribution in [2.45, 2.75) is 18.2 Å². The highest BCUT2D eigenvalue weighted by Gasteiger charge is 2.14. The van der Waals surface area contributed by atoms with Crippen LogP contribution in [0.3, 0.4) is 0 Å². The molecule has 0 saturated carbocycles. The number of hydrogen-bond acceptors (Lipinski definition) is 6. The summed E-state index contributed by atoms with van der Waals surface area (Å²) in [6.45, 7) is 1.67. The number of ether oxygens (including phenoxy) is 1. The highest BCUT2D eigenvalue weighted by Crippen LogP contribution is 2.13. The molecule has 0 aliphatic rings. The molecule has 0 aromatic heterocycles. The maximum Gasteiger partial charge on any atom is 0.299 e. The van der Waals surface area contributed by atoms with Crippen LogP contribution in [0, 0.1) is 11.7 Å². The first kappa shape index (κ1) is 17.1. The first-order valence-corrected chi connectivity index (χ1v) is 9.50. The van der Waals surface area contributed by atoms with Gasteiger partial charge in [-0.1, -0.05) is 17.7 Å². The fourth-order valence-electron chi connectivity index (χ4n) is 1.37. The average molecular weight is 321 g/mol. The Morgan fingerprint density at radius 3 is 2.30 bits per heavy atom. The van der Waals surface area contributed by atoms with E-state index in [1.165, 1.54) is 18.4 Å². The molecule has 0 bridgehead atoms. The Kier molecular flexibility index (Phi) is 6.12. The zero-order valence-corrected chi connectivity index (χ0v) is 13.1. The van der Waals surface area contributed by atoms with Crippen molar-refractivity contribution in [3.05, 3.63) is 29.8 Å². The van der Waals surface area contributed by atoms with Gasteiger partial charge in [-0.25, -0.2) is 4.18 Å². The van der Waals surface area contributed by atoms with Crippen molar-refractivity contribution in [1.29, 1.82) is 4.78 Å². The van der Waals surface area contributed by atoms with Crippen molar-refractivity contribution in [2.24, 2.45) is 0 Å². The third-order valence-electron chi connectivity index (χ3n) is 2.42. The Morgan fingerprint density at radius 1 is 1.15 bits per heavy atom. The van der Waals surface area contributed by atoms with Gasteiger partial charge in [-0.3, -0.25) is 8.99 Å². The van der Waals surface area contributed by atoms with E-state index in [0.717, 1.165) is 5.56 Å². The Hall–Kier alpha value is -0.960. The van der Waals surface area contributed by atoms with Crippen molar-refractivity contribution in [2.75, 3.05) is 25.4 Å².